The van der Waals surface area contributed by atoms with Gasteiger partial charge in [-0.2, -0.15) is 0 Å². The van der Waals surface area contributed by atoms with E-state index >= 15 is 0 Å². The first kappa shape index (κ1) is 20.1. The van der Waals surface area contributed by atoms with Gasteiger partial charge in [-0.25, -0.2) is 0 Å². The fourth-order valence-electron chi connectivity index (χ4n) is 9.05. The Morgan fingerprint density at radius 1 is 1.16 bits per heavy atom. The molecule has 6 aliphatic rings. The molecule has 0 aromatic heterocycles. The summed E-state index contributed by atoms with van der Waals surface area (Å²) in [4.78, 5) is 38.0. The highest BCUT2D eigenvalue weighted by Gasteiger charge is 2.83. The number of hydrogen-bond donors (Lipinski definition) is 0. The molecule has 168 valence electrons. The lowest BCUT2D eigenvalue weighted by Gasteiger charge is -2.58. The Bertz CT molecular complexity index is 921. The maximum absolute atomic E-state index is 13.5. The summed E-state index contributed by atoms with van der Waals surface area (Å²) >= 11 is 0. The third-order valence-electron chi connectivity index (χ3n) is 10.6. The van der Waals surface area contributed by atoms with Crippen LogP contribution in [0.1, 0.15) is 85.0 Å². The second-order valence-electron chi connectivity index (χ2n) is 11.7. The van der Waals surface area contributed by atoms with E-state index in [1.165, 1.54) is 0 Å². The van der Waals surface area contributed by atoms with Gasteiger partial charge in [0.05, 0.1) is 6.10 Å². The first-order chi connectivity index (χ1) is 14.7. The Morgan fingerprint density at radius 2 is 1.97 bits per heavy atom. The minimum absolute atomic E-state index is 0.0688. The summed E-state index contributed by atoms with van der Waals surface area (Å²) in [5.41, 5.74) is 0.138. The number of fused-ring (bicyclic) bond motifs is 4. The number of ether oxygens (including phenoxy) is 2. The van der Waals surface area contributed by atoms with Crippen molar-refractivity contribution in [3.05, 3.63) is 11.6 Å². The van der Waals surface area contributed by atoms with Gasteiger partial charge in [-0.3, -0.25) is 14.4 Å². The summed E-state index contributed by atoms with van der Waals surface area (Å²) < 4.78 is 12.8. The lowest BCUT2D eigenvalue weighted by atomic mass is 9.43. The molecule has 0 radical (unpaired) electrons. The Kier molecular flexibility index (Phi) is 3.96. The minimum atomic E-state index is -0.384. The molecule has 0 aromatic carbocycles. The molecule has 5 nitrogen and oxygen atoms in total. The molecule has 2 heterocycles. The van der Waals surface area contributed by atoms with Gasteiger partial charge in [0.25, 0.3) is 0 Å². The molecule has 5 fully saturated rings. The van der Waals surface area contributed by atoms with E-state index in [1.807, 2.05) is 6.08 Å². The first-order valence-corrected chi connectivity index (χ1v) is 12.4. The Hall–Kier alpha value is -1.49. The second-order valence-corrected chi connectivity index (χ2v) is 11.7. The number of esters is 1. The normalized spacial score (nSPS) is 52.0. The predicted molar refractivity (Wildman–Crippen MR) is 113 cm³/mol. The molecule has 2 saturated heterocycles. The van der Waals surface area contributed by atoms with Crippen LogP contribution in [0.3, 0.4) is 0 Å². The molecule has 0 aromatic rings. The number of rotatable bonds is 3. The van der Waals surface area contributed by atoms with Crippen molar-refractivity contribution in [2.75, 3.05) is 0 Å². The molecule has 2 spiro atoms. The van der Waals surface area contributed by atoms with Gasteiger partial charge in [0.2, 0.25) is 0 Å². The van der Waals surface area contributed by atoms with Crippen molar-refractivity contribution in [3.63, 3.8) is 0 Å². The zero-order valence-electron chi connectivity index (χ0n) is 19.0. The van der Waals surface area contributed by atoms with Gasteiger partial charge >= 0.3 is 5.97 Å². The SMILES string of the molecule is CCCC(=O)[C@@H]1CC2=CC(=O)CC[C@]2(C)[C@@]23O[C@@H]2C[C@@]2(C)C(CC[C@@]24CCC(=O)O4)C13. The van der Waals surface area contributed by atoms with Crippen LogP contribution in [0, 0.1) is 28.6 Å². The third kappa shape index (κ3) is 2.24. The Morgan fingerprint density at radius 3 is 2.68 bits per heavy atom. The van der Waals surface area contributed by atoms with Crippen LogP contribution in [-0.2, 0) is 23.9 Å². The fraction of sp³-hybridized carbons (Fsp3) is 0.808. The van der Waals surface area contributed by atoms with Gasteiger partial charge in [0.1, 0.15) is 17.0 Å². The highest BCUT2D eigenvalue weighted by molar-refractivity contribution is 5.92. The van der Waals surface area contributed by atoms with Crippen LogP contribution in [-0.4, -0.2) is 34.8 Å². The topological polar surface area (TPSA) is 73.0 Å². The van der Waals surface area contributed by atoms with Crippen molar-refractivity contribution < 1.29 is 23.9 Å². The number of ketones is 2. The summed E-state index contributed by atoms with van der Waals surface area (Å²) in [6.07, 6.45) is 9.57. The van der Waals surface area contributed by atoms with E-state index in [2.05, 4.69) is 20.8 Å². The third-order valence-corrected chi connectivity index (χ3v) is 10.6. The molecule has 4 aliphatic carbocycles. The predicted octanol–water partition coefficient (Wildman–Crippen LogP) is 4.32. The van der Waals surface area contributed by atoms with Crippen molar-refractivity contribution in [2.45, 2.75) is 102 Å². The molecule has 0 N–H and O–H groups in total. The summed E-state index contributed by atoms with van der Waals surface area (Å²) in [5, 5.41) is 0. The van der Waals surface area contributed by atoms with Crippen molar-refractivity contribution in [1.82, 2.24) is 0 Å². The number of epoxide rings is 1. The minimum Gasteiger partial charge on any atom is -0.458 e. The zero-order valence-corrected chi connectivity index (χ0v) is 19.0. The average Bonchev–Trinajstić information content (AvgIpc) is 3.20. The second kappa shape index (κ2) is 6.09. The van der Waals surface area contributed by atoms with Crippen LogP contribution < -0.4 is 0 Å². The van der Waals surface area contributed by atoms with Gasteiger partial charge in [-0.05, 0) is 56.9 Å². The van der Waals surface area contributed by atoms with Crippen LogP contribution in [0.25, 0.3) is 0 Å². The van der Waals surface area contributed by atoms with E-state index in [0.29, 0.717) is 37.4 Å². The van der Waals surface area contributed by atoms with Gasteiger partial charge < -0.3 is 9.47 Å². The van der Waals surface area contributed by atoms with E-state index in [4.69, 9.17) is 9.47 Å². The summed E-state index contributed by atoms with van der Waals surface area (Å²) in [6, 6.07) is 0. The number of carbonyl (C=O) groups is 3. The Labute approximate surface area is 184 Å². The highest BCUT2D eigenvalue weighted by Crippen LogP contribution is 2.78. The van der Waals surface area contributed by atoms with Crippen molar-refractivity contribution >= 4 is 17.5 Å². The van der Waals surface area contributed by atoms with Crippen molar-refractivity contribution in [2.24, 2.45) is 28.6 Å². The van der Waals surface area contributed by atoms with E-state index in [9.17, 15) is 14.4 Å². The molecular formula is C26H34O5. The van der Waals surface area contributed by atoms with E-state index < -0.39 is 0 Å². The van der Waals surface area contributed by atoms with E-state index in [-0.39, 0.29) is 51.7 Å². The molecule has 0 amide bonds. The quantitative estimate of drug-likeness (QED) is 0.496. The number of Topliss-reactive ketones (excluding diaryl/α,β-unsaturated/α-hetero) is 1. The molecule has 31 heavy (non-hydrogen) atoms. The molecule has 0 bridgehead atoms. The first-order valence-electron chi connectivity index (χ1n) is 12.4. The van der Waals surface area contributed by atoms with Crippen molar-refractivity contribution in [1.29, 1.82) is 0 Å². The molecule has 8 atom stereocenters. The lowest BCUT2D eigenvalue weighted by molar-refractivity contribution is -0.167. The summed E-state index contributed by atoms with van der Waals surface area (Å²) in [5.74, 6) is 0.839. The maximum atomic E-state index is 13.5. The molecule has 2 unspecified atom stereocenters. The fourth-order valence-corrected chi connectivity index (χ4v) is 9.05. The zero-order chi connectivity index (χ0) is 21.8. The highest BCUT2D eigenvalue weighted by atomic mass is 16.6. The smallest absolute Gasteiger partial charge is 0.306 e. The summed E-state index contributed by atoms with van der Waals surface area (Å²) in [7, 11) is 0. The van der Waals surface area contributed by atoms with Crippen LogP contribution in [0.5, 0.6) is 0 Å². The Balaban J connectivity index is 1.48. The van der Waals surface area contributed by atoms with Gasteiger partial charge in [0.15, 0.2) is 5.78 Å². The van der Waals surface area contributed by atoms with Crippen molar-refractivity contribution in [3.8, 4) is 0 Å². The maximum Gasteiger partial charge on any atom is 0.306 e. The molecular weight excluding hydrogens is 392 g/mol. The van der Waals surface area contributed by atoms with E-state index in [0.717, 1.165) is 44.1 Å². The summed E-state index contributed by atoms with van der Waals surface area (Å²) in [6.45, 7) is 6.67. The number of carbonyl (C=O) groups excluding carboxylic acids is 3. The average molecular weight is 427 g/mol. The van der Waals surface area contributed by atoms with E-state index in [1.54, 1.807) is 0 Å². The largest absolute Gasteiger partial charge is 0.458 e. The van der Waals surface area contributed by atoms with Crippen LogP contribution >= 0.6 is 0 Å². The number of hydrogen-bond acceptors (Lipinski definition) is 5. The monoisotopic (exact) mass is 426 g/mol. The lowest BCUT2D eigenvalue weighted by Crippen LogP contribution is -2.63. The molecule has 5 heteroatoms. The molecule has 2 aliphatic heterocycles. The van der Waals surface area contributed by atoms with Crippen LogP contribution in [0.4, 0.5) is 0 Å². The van der Waals surface area contributed by atoms with Gasteiger partial charge in [0, 0.05) is 41.9 Å². The van der Waals surface area contributed by atoms with Crippen LogP contribution in [0.2, 0.25) is 0 Å². The van der Waals surface area contributed by atoms with Gasteiger partial charge in [-0.15, -0.1) is 0 Å². The molecule has 6 rings (SSSR count). The standard InChI is InChI=1S/C26H34O5/c1-4-5-19(28)17-13-15-12-16(27)6-9-23(15,2)26-20(30-26)14-24(3)18(22(17)26)7-10-25(24)11-8-21(29)31-25/h12,17-18,20,22H,4-11,13-14H2,1-3H3/t17-,18?,20+,22?,23-,24-,25+,26+/m0/s1. The molecule has 3 saturated carbocycles. The van der Waals surface area contributed by atoms with Crippen LogP contribution in [0.15, 0.2) is 11.6 Å². The van der Waals surface area contributed by atoms with Gasteiger partial charge in [-0.1, -0.05) is 26.3 Å².